The minimum Gasteiger partial charge on any atom is -0.309 e. The summed E-state index contributed by atoms with van der Waals surface area (Å²) in [6.45, 7) is 0. The lowest BCUT2D eigenvalue weighted by Crippen LogP contribution is -2.01. The third kappa shape index (κ3) is 5.34. The van der Waals surface area contributed by atoms with Crippen LogP contribution in [0.2, 0.25) is 0 Å². The normalized spacial score (nSPS) is 11.7. The molecule has 3 aromatic heterocycles. The Balaban J connectivity index is 1.19. The molecule has 0 radical (unpaired) electrons. The van der Waals surface area contributed by atoms with Gasteiger partial charge in [-0.2, -0.15) is 0 Å². The first-order chi connectivity index (χ1) is 29.3. The van der Waals surface area contributed by atoms with Crippen molar-refractivity contribution in [2.24, 2.45) is 0 Å². The molecule has 0 saturated heterocycles. The Morgan fingerprint density at radius 2 is 0.610 bits per heavy atom. The topological polar surface area (TPSA) is 27.7 Å². The zero-order chi connectivity index (χ0) is 38.9. The van der Waals surface area contributed by atoms with Gasteiger partial charge in [0.15, 0.2) is 0 Å². The Hall–Kier alpha value is -7.95. The second-order valence-electron chi connectivity index (χ2n) is 15.2. The van der Waals surface area contributed by atoms with Crippen molar-refractivity contribution in [1.82, 2.24) is 18.7 Å². The van der Waals surface area contributed by atoms with Crippen molar-refractivity contribution in [3.8, 4) is 50.7 Å². The minimum absolute atomic E-state index is 0.910. The van der Waals surface area contributed by atoms with Gasteiger partial charge in [-0.15, -0.1) is 0 Å². The van der Waals surface area contributed by atoms with E-state index >= 15 is 0 Å². The van der Waals surface area contributed by atoms with Gasteiger partial charge in [0.05, 0.1) is 33.1 Å². The lowest BCUT2D eigenvalue weighted by atomic mass is 9.97. The largest absolute Gasteiger partial charge is 0.309 e. The predicted molar refractivity (Wildman–Crippen MR) is 246 cm³/mol. The van der Waals surface area contributed by atoms with E-state index in [4.69, 9.17) is 4.98 Å². The average Bonchev–Trinajstić information content (AvgIpc) is 3.98. The summed E-state index contributed by atoms with van der Waals surface area (Å²) in [5, 5.41) is 4.95. The van der Waals surface area contributed by atoms with Crippen LogP contribution in [0.25, 0.3) is 105 Å². The van der Waals surface area contributed by atoms with Crippen molar-refractivity contribution >= 4 is 54.6 Å². The van der Waals surface area contributed by atoms with E-state index in [-0.39, 0.29) is 0 Å². The third-order valence-electron chi connectivity index (χ3n) is 11.8. The van der Waals surface area contributed by atoms with Crippen LogP contribution in [-0.2, 0) is 0 Å². The molecule has 9 aromatic carbocycles. The van der Waals surface area contributed by atoms with Crippen LogP contribution < -0.4 is 0 Å². The van der Waals surface area contributed by atoms with Crippen molar-refractivity contribution in [2.45, 2.75) is 0 Å². The summed E-state index contributed by atoms with van der Waals surface area (Å²) in [5.74, 6) is 0.910. The van der Waals surface area contributed by atoms with Gasteiger partial charge in [0.2, 0.25) is 0 Å². The predicted octanol–water partition coefficient (Wildman–Crippen LogP) is 14.2. The van der Waals surface area contributed by atoms with Crippen molar-refractivity contribution in [1.29, 1.82) is 0 Å². The smallest absolute Gasteiger partial charge is 0.145 e. The van der Waals surface area contributed by atoms with Gasteiger partial charge in [0.1, 0.15) is 5.82 Å². The van der Waals surface area contributed by atoms with Crippen molar-refractivity contribution in [2.75, 3.05) is 0 Å². The molecule has 0 aliphatic heterocycles. The lowest BCUT2D eigenvalue weighted by Gasteiger charge is -2.18. The molecule has 4 heteroatoms. The lowest BCUT2D eigenvalue weighted by molar-refractivity contribution is 1.10. The first-order valence-electron chi connectivity index (χ1n) is 20.1. The summed E-state index contributed by atoms with van der Waals surface area (Å²) in [7, 11) is 0. The molecule has 59 heavy (non-hydrogen) atoms. The number of benzene rings is 9. The zero-order valence-electron chi connectivity index (χ0n) is 32.1. The first kappa shape index (κ1) is 33.2. The molecule has 0 saturated carbocycles. The fourth-order valence-corrected chi connectivity index (χ4v) is 9.19. The van der Waals surface area contributed by atoms with Crippen molar-refractivity contribution in [3.05, 3.63) is 218 Å². The molecule has 12 aromatic rings. The van der Waals surface area contributed by atoms with E-state index in [1.54, 1.807) is 0 Å². The van der Waals surface area contributed by atoms with Crippen LogP contribution in [0, 0.1) is 0 Å². The Morgan fingerprint density at radius 3 is 1.10 bits per heavy atom. The maximum atomic E-state index is 5.23. The first-order valence-corrected chi connectivity index (χ1v) is 20.1. The Kier molecular flexibility index (Phi) is 7.50. The summed E-state index contributed by atoms with van der Waals surface area (Å²) in [5.41, 5.74) is 15.6. The molecule has 0 aliphatic rings. The van der Waals surface area contributed by atoms with Crippen molar-refractivity contribution in [3.63, 3.8) is 0 Å². The quantitative estimate of drug-likeness (QED) is 0.166. The number of nitrogens with zero attached hydrogens (tertiary/aromatic N) is 4. The molecule has 276 valence electrons. The SMILES string of the molecule is c1ccc(-c2cc(-c3cc(-n4c5ccccc5c5ccccc54)cc(-n4c5ccccc5c5ccccc54)c3)cc(-n3c(-c4ccccc4)nc4ccccc43)c2)cc1. The van der Waals surface area contributed by atoms with Gasteiger partial charge in [-0.3, -0.25) is 4.57 Å². The highest BCUT2D eigenvalue weighted by Gasteiger charge is 2.20. The summed E-state index contributed by atoms with van der Waals surface area (Å²) >= 11 is 0. The van der Waals surface area contributed by atoms with Gasteiger partial charge in [0.25, 0.3) is 0 Å². The maximum absolute atomic E-state index is 5.23. The summed E-state index contributed by atoms with van der Waals surface area (Å²) in [6, 6.07) is 78.8. The van der Waals surface area contributed by atoms with E-state index in [1.807, 2.05) is 0 Å². The van der Waals surface area contributed by atoms with Gasteiger partial charge in [0, 0.05) is 44.2 Å². The number of hydrogen-bond donors (Lipinski definition) is 0. The van der Waals surface area contributed by atoms with Gasteiger partial charge < -0.3 is 9.13 Å². The molecule has 4 nitrogen and oxygen atoms in total. The van der Waals surface area contributed by atoms with Gasteiger partial charge in [-0.1, -0.05) is 146 Å². The van der Waals surface area contributed by atoms with Crippen LogP contribution in [0.5, 0.6) is 0 Å². The molecule has 0 N–H and O–H groups in total. The summed E-state index contributed by atoms with van der Waals surface area (Å²) in [6.07, 6.45) is 0. The molecule has 0 atom stereocenters. The number of hydrogen-bond acceptors (Lipinski definition) is 1. The highest BCUT2D eigenvalue weighted by atomic mass is 15.1. The fraction of sp³-hybridized carbons (Fsp3) is 0. The van der Waals surface area contributed by atoms with E-state index in [0.29, 0.717) is 0 Å². The number of aromatic nitrogens is 4. The highest BCUT2D eigenvalue weighted by Crippen LogP contribution is 2.40. The maximum Gasteiger partial charge on any atom is 0.145 e. The fourth-order valence-electron chi connectivity index (χ4n) is 9.19. The van der Waals surface area contributed by atoms with Crippen LogP contribution >= 0.6 is 0 Å². The van der Waals surface area contributed by atoms with E-state index < -0.39 is 0 Å². The number of para-hydroxylation sites is 6. The van der Waals surface area contributed by atoms with Gasteiger partial charge in [-0.05, 0) is 95.1 Å². The summed E-state index contributed by atoms with van der Waals surface area (Å²) < 4.78 is 7.19. The minimum atomic E-state index is 0.910. The molecule has 0 aliphatic carbocycles. The van der Waals surface area contributed by atoms with E-state index in [1.165, 1.54) is 43.6 Å². The van der Waals surface area contributed by atoms with E-state index in [9.17, 15) is 0 Å². The molecule has 0 amide bonds. The second-order valence-corrected chi connectivity index (χ2v) is 15.2. The molecule has 0 spiro atoms. The summed E-state index contributed by atoms with van der Waals surface area (Å²) in [4.78, 5) is 5.23. The molecule has 0 fully saturated rings. The van der Waals surface area contributed by atoms with Gasteiger partial charge >= 0.3 is 0 Å². The third-order valence-corrected chi connectivity index (χ3v) is 11.8. The Morgan fingerprint density at radius 1 is 0.254 bits per heavy atom. The second kappa shape index (κ2) is 13.3. The Labute approximate surface area is 341 Å². The standard InChI is InChI=1S/C55H36N4/c1-3-17-37(18-4-1)39-31-40(33-42(32-39)59-54-30-16-11-25-49(54)56-55(59)38-19-5-2-6-20-38)41-34-43(57-50-26-12-7-21-45(50)46-22-8-13-27-51(46)57)36-44(35-41)58-52-28-14-9-23-47(52)48-24-10-15-29-53(48)58/h1-36H. The number of imidazole rings is 1. The van der Waals surface area contributed by atoms with Crippen molar-refractivity contribution < 1.29 is 0 Å². The van der Waals surface area contributed by atoms with Crippen LogP contribution in [0.4, 0.5) is 0 Å². The number of fused-ring (bicyclic) bond motifs is 7. The van der Waals surface area contributed by atoms with Gasteiger partial charge in [-0.25, -0.2) is 4.98 Å². The average molecular weight is 753 g/mol. The van der Waals surface area contributed by atoms with Crippen LogP contribution in [-0.4, -0.2) is 18.7 Å². The molecule has 0 unspecified atom stereocenters. The van der Waals surface area contributed by atoms with E-state index in [0.717, 1.165) is 61.7 Å². The monoisotopic (exact) mass is 752 g/mol. The molecule has 12 rings (SSSR count). The molecule has 0 bridgehead atoms. The zero-order valence-corrected chi connectivity index (χ0v) is 32.1. The molecule has 3 heterocycles. The van der Waals surface area contributed by atoms with E-state index in [2.05, 4.69) is 232 Å². The van der Waals surface area contributed by atoms with Crippen LogP contribution in [0.1, 0.15) is 0 Å². The molecular formula is C55H36N4. The Bertz CT molecular complexity index is 3310. The van der Waals surface area contributed by atoms with Crippen LogP contribution in [0.3, 0.4) is 0 Å². The number of rotatable bonds is 6. The highest BCUT2D eigenvalue weighted by molar-refractivity contribution is 6.10. The van der Waals surface area contributed by atoms with Crippen LogP contribution in [0.15, 0.2) is 218 Å². The molecular weight excluding hydrogens is 717 g/mol.